The molecule has 1 heterocycles. The molecule has 1 aromatic carbocycles. The molecule has 2 N–H and O–H groups in total. The van der Waals surface area contributed by atoms with Crippen LogP contribution in [0.3, 0.4) is 0 Å². The minimum Gasteiger partial charge on any atom is -0.369 e. The van der Waals surface area contributed by atoms with Crippen LogP contribution in [0.5, 0.6) is 0 Å². The van der Waals surface area contributed by atoms with Crippen molar-refractivity contribution in [2.75, 3.05) is 37.6 Å². The number of rotatable bonds is 5. The first-order chi connectivity index (χ1) is 9.63. The van der Waals surface area contributed by atoms with E-state index in [1.54, 1.807) is 0 Å². The van der Waals surface area contributed by atoms with Gasteiger partial charge in [0, 0.05) is 31.9 Å². The van der Waals surface area contributed by atoms with Gasteiger partial charge in [-0.05, 0) is 36.1 Å². The summed E-state index contributed by atoms with van der Waals surface area (Å²) in [4.78, 5) is 15.5. The second-order valence-electron chi connectivity index (χ2n) is 5.39. The first kappa shape index (κ1) is 14.9. The molecule has 1 fully saturated rings. The van der Waals surface area contributed by atoms with Gasteiger partial charge in [0.15, 0.2) is 0 Å². The standard InChI is InChI=1S/C16H25N3O/c1-3-13-5-6-15(11-14(13)4-2)19-9-7-18(8-10-19)12-16(17)20/h5-6,11H,3-4,7-10,12H2,1-2H3,(H2,17,20). The maximum absolute atomic E-state index is 10.9. The smallest absolute Gasteiger partial charge is 0.231 e. The minimum absolute atomic E-state index is 0.237. The molecule has 0 atom stereocenters. The van der Waals surface area contributed by atoms with E-state index in [-0.39, 0.29) is 5.91 Å². The number of primary amides is 1. The van der Waals surface area contributed by atoms with E-state index >= 15 is 0 Å². The van der Waals surface area contributed by atoms with Gasteiger partial charge in [0.25, 0.3) is 0 Å². The van der Waals surface area contributed by atoms with Crippen LogP contribution < -0.4 is 10.6 Å². The fraction of sp³-hybridized carbons (Fsp3) is 0.562. The molecule has 110 valence electrons. The summed E-state index contributed by atoms with van der Waals surface area (Å²) in [5.41, 5.74) is 9.44. The molecule has 1 saturated heterocycles. The van der Waals surface area contributed by atoms with Crippen LogP contribution in [0, 0.1) is 0 Å². The summed E-state index contributed by atoms with van der Waals surface area (Å²) >= 11 is 0. The molecule has 0 saturated carbocycles. The molecular formula is C16H25N3O. The van der Waals surface area contributed by atoms with Crippen molar-refractivity contribution in [1.29, 1.82) is 0 Å². The summed E-state index contributed by atoms with van der Waals surface area (Å²) in [6, 6.07) is 6.80. The van der Waals surface area contributed by atoms with Crippen molar-refractivity contribution in [3.8, 4) is 0 Å². The van der Waals surface area contributed by atoms with Crippen LogP contribution in [0.4, 0.5) is 5.69 Å². The third-order valence-corrected chi connectivity index (χ3v) is 4.07. The summed E-state index contributed by atoms with van der Waals surface area (Å²) < 4.78 is 0. The summed E-state index contributed by atoms with van der Waals surface area (Å²) in [5.74, 6) is -0.237. The molecule has 0 aliphatic carbocycles. The molecule has 0 bridgehead atoms. The minimum atomic E-state index is -0.237. The highest BCUT2D eigenvalue weighted by atomic mass is 16.1. The molecule has 4 heteroatoms. The van der Waals surface area contributed by atoms with Gasteiger partial charge in [-0.25, -0.2) is 0 Å². The van der Waals surface area contributed by atoms with Crippen molar-refractivity contribution in [3.05, 3.63) is 29.3 Å². The molecule has 4 nitrogen and oxygen atoms in total. The normalized spacial score (nSPS) is 16.4. The molecule has 0 spiro atoms. The van der Waals surface area contributed by atoms with E-state index in [0.717, 1.165) is 39.0 Å². The Balaban J connectivity index is 2.01. The zero-order chi connectivity index (χ0) is 14.5. The molecule has 1 aliphatic rings. The van der Waals surface area contributed by atoms with E-state index in [4.69, 9.17) is 5.73 Å². The van der Waals surface area contributed by atoms with E-state index < -0.39 is 0 Å². The number of carbonyl (C=O) groups is 1. The number of aryl methyl sites for hydroxylation is 2. The third kappa shape index (κ3) is 3.51. The van der Waals surface area contributed by atoms with Gasteiger partial charge in [-0.2, -0.15) is 0 Å². The van der Waals surface area contributed by atoms with E-state index in [1.165, 1.54) is 16.8 Å². The second-order valence-corrected chi connectivity index (χ2v) is 5.39. The van der Waals surface area contributed by atoms with Gasteiger partial charge < -0.3 is 10.6 Å². The Morgan fingerprint density at radius 3 is 2.30 bits per heavy atom. The Hall–Kier alpha value is -1.55. The topological polar surface area (TPSA) is 49.6 Å². The van der Waals surface area contributed by atoms with Gasteiger partial charge >= 0.3 is 0 Å². The quantitative estimate of drug-likeness (QED) is 0.884. The number of hydrogen-bond donors (Lipinski definition) is 1. The number of carbonyl (C=O) groups excluding carboxylic acids is 1. The van der Waals surface area contributed by atoms with E-state index in [1.807, 2.05) is 0 Å². The van der Waals surface area contributed by atoms with Crippen molar-refractivity contribution in [2.45, 2.75) is 26.7 Å². The zero-order valence-corrected chi connectivity index (χ0v) is 12.6. The van der Waals surface area contributed by atoms with Crippen molar-refractivity contribution in [3.63, 3.8) is 0 Å². The van der Waals surface area contributed by atoms with Crippen molar-refractivity contribution in [1.82, 2.24) is 4.90 Å². The zero-order valence-electron chi connectivity index (χ0n) is 12.6. The second kappa shape index (κ2) is 6.75. The van der Waals surface area contributed by atoms with Gasteiger partial charge in [-0.15, -0.1) is 0 Å². The lowest BCUT2D eigenvalue weighted by Crippen LogP contribution is -2.48. The van der Waals surface area contributed by atoms with Gasteiger partial charge in [-0.1, -0.05) is 19.9 Å². The van der Waals surface area contributed by atoms with Crippen LogP contribution in [-0.4, -0.2) is 43.5 Å². The maximum atomic E-state index is 10.9. The number of nitrogens with zero attached hydrogens (tertiary/aromatic N) is 2. The predicted molar refractivity (Wildman–Crippen MR) is 83.0 cm³/mol. The molecule has 1 amide bonds. The Labute approximate surface area is 121 Å². The maximum Gasteiger partial charge on any atom is 0.231 e. The van der Waals surface area contributed by atoms with Gasteiger partial charge in [0.1, 0.15) is 0 Å². The summed E-state index contributed by atoms with van der Waals surface area (Å²) in [7, 11) is 0. The van der Waals surface area contributed by atoms with Crippen molar-refractivity contribution in [2.24, 2.45) is 5.73 Å². The average Bonchev–Trinajstić information content (AvgIpc) is 2.46. The highest BCUT2D eigenvalue weighted by molar-refractivity contribution is 5.76. The number of nitrogens with two attached hydrogens (primary N) is 1. The molecule has 2 rings (SSSR count). The SMILES string of the molecule is CCc1ccc(N2CCN(CC(N)=O)CC2)cc1CC. The molecular weight excluding hydrogens is 250 g/mol. The number of hydrogen-bond acceptors (Lipinski definition) is 3. The van der Waals surface area contributed by atoms with E-state index in [0.29, 0.717) is 6.54 Å². The highest BCUT2D eigenvalue weighted by Gasteiger charge is 2.18. The van der Waals surface area contributed by atoms with Crippen molar-refractivity contribution < 1.29 is 4.79 Å². The number of anilines is 1. The van der Waals surface area contributed by atoms with Crippen LogP contribution in [-0.2, 0) is 17.6 Å². The van der Waals surface area contributed by atoms with Crippen LogP contribution in [0.15, 0.2) is 18.2 Å². The Bertz CT molecular complexity index is 465. The van der Waals surface area contributed by atoms with Crippen LogP contribution >= 0.6 is 0 Å². The van der Waals surface area contributed by atoms with E-state index in [9.17, 15) is 4.79 Å². The number of amides is 1. The van der Waals surface area contributed by atoms with Crippen molar-refractivity contribution >= 4 is 11.6 Å². The molecule has 20 heavy (non-hydrogen) atoms. The fourth-order valence-corrected chi connectivity index (χ4v) is 2.87. The third-order valence-electron chi connectivity index (χ3n) is 4.07. The van der Waals surface area contributed by atoms with E-state index in [2.05, 4.69) is 41.8 Å². The number of benzene rings is 1. The van der Waals surface area contributed by atoms with Crippen LogP contribution in [0.1, 0.15) is 25.0 Å². The lowest BCUT2D eigenvalue weighted by molar-refractivity contribution is -0.119. The largest absolute Gasteiger partial charge is 0.369 e. The Morgan fingerprint density at radius 1 is 1.10 bits per heavy atom. The number of piperazine rings is 1. The Kier molecular flexibility index (Phi) is 5.01. The lowest BCUT2D eigenvalue weighted by atomic mass is 10.0. The molecule has 0 radical (unpaired) electrons. The molecule has 1 aliphatic heterocycles. The van der Waals surface area contributed by atoms with Crippen LogP contribution in [0.25, 0.3) is 0 Å². The fourth-order valence-electron chi connectivity index (χ4n) is 2.87. The predicted octanol–water partition coefficient (Wildman–Crippen LogP) is 1.42. The Morgan fingerprint density at radius 2 is 1.75 bits per heavy atom. The summed E-state index contributed by atoms with van der Waals surface area (Å²) in [6.45, 7) is 8.52. The van der Waals surface area contributed by atoms with Crippen LogP contribution in [0.2, 0.25) is 0 Å². The molecule has 0 unspecified atom stereocenters. The highest BCUT2D eigenvalue weighted by Crippen LogP contribution is 2.22. The molecule has 0 aromatic heterocycles. The molecule has 1 aromatic rings. The summed E-state index contributed by atoms with van der Waals surface area (Å²) in [6.07, 6.45) is 2.18. The lowest BCUT2D eigenvalue weighted by Gasteiger charge is -2.35. The summed E-state index contributed by atoms with van der Waals surface area (Å²) in [5, 5.41) is 0. The monoisotopic (exact) mass is 275 g/mol. The first-order valence-electron chi connectivity index (χ1n) is 7.51. The van der Waals surface area contributed by atoms with Gasteiger partial charge in [0.2, 0.25) is 5.91 Å². The average molecular weight is 275 g/mol. The van der Waals surface area contributed by atoms with Gasteiger partial charge in [0.05, 0.1) is 6.54 Å². The first-order valence-corrected chi connectivity index (χ1v) is 7.51. The van der Waals surface area contributed by atoms with Gasteiger partial charge in [-0.3, -0.25) is 9.69 Å².